The number of nitrogens with two attached hydrogens (primary N) is 1. The first kappa shape index (κ1) is 12.5. The lowest BCUT2D eigenvalue weighted by molar-refractivity contribution is 0.111. The van der Waals surface area contributed by atoms with Crippen LogP contribution in [0, 0.1) is 5.92 Å². The molecule has 94 valence electrons. The van der Waals surface area contributed by atoms with Gasteiger partial charge < -0.3 is 16.2 Å². The lowest BCUT2D eigenvalue weighted by Gasteiger charge is -2.25. The van der Waals surface area contributed by atoms with Crippen molar-refractivity contribution in [3.05, 3.63) is 17.3 Å². The maximum absolute atomic E-state index is 9.42. The Bertz CT molecular complexity index is 378. The summed E-state index contributed by atoms with van der Waals surface area (Å²) in [7, 11) is 0. The summed E-state index contributed by atoms with van der Waals surface area (Å²) in [5.41, 5.74) is 6.42. The van der Waals surface area contributed by atoms with E-state index in [0.717, 1.165) is 32.2 Å². The molecule has 0 aliphatic heterocycles. The summed E-state index contributed by atoms with van der Waals surface area (Å²) in [4.78, 5) is 4.15. The van der Waals surface area contributed by atoms with Crippen LogP contribution in [0.5, 0.6) is 0 Å². The third-order valence-corrected chi connectivity index (χ3v) is 3.48. The van der Waals surface area contributed by atoms with Gasteiger partial charge in [0, 0.05) is 6.54 Å². The van der Waals surface area contributed by atoms with E-state index in [2.05, 4.69) is 10.3 Å². The Balaban J connectivity index is 1.87. The van der Waals surface area contributed by atoms with Crippen molar-refractivity contribution in [3.8, 4) is 0 Å². The molecular weight excluding hydrogens is 238 g/mol. The van der Waals surface area contributed by atoms with Gasteiger partial charge >= 0.3 is 0 Å². The number of hydrogen-bond donors (Lipinski definition) is 3. The molecule has 17 heavy (non-hydrogen) atoms. The molecule has 1 fully saturated rings. The predicted molar refractivity (Wildman–Crippen MR) is 70.1 cm³/mol. The van der Waals surface area contributed by atoms with E-state index in [1.165, 1.54) is 0 Å². The van der Waals surface area contributed by atoms with Crippen molar-refractivity contribution in [3.63, 3.8) is 0 Å². The summed E-state index contributed by atoms with van der Waals surface area (Å²) in [6.45, 7) is 0.838. The molecule has 0 amide bonds. The summed E-state index contributed by atoms with van der Waals surface area (Å²) in [6.07, 6.45) is 3.78. The van der Waals surface area contributed by atoms with Crippen LogP contribution in [0.3, 0.4) is 0 Å². The van der Waals surface area contributed by atoms with Gasteiger partial charge in [0.1, 0.15) is 5.15 Å². The summed E-state index contributed by atoms with van der Waals surface area (Å²) in [5.74, 6) is 1.24. The molecule has 1 aromatic heterocycles. The van der Waals surface area contributed by atoms with E-state index in [4.69, 9.17) is 17.3 Å². The highest BCUT2D eigenvalue weighted by molar-refractivity contribution is 6.29. The third kappa shape index (κ3) is 3.48. The Morgan fingerprint density at radius 3 is 2.76 bits per heavy atom. The first-order chi connectivity index (χ1) is 8.15. The van der Waals surface area contributed by atoms with Gasteiger partial charge in [0.2, 0.25) is 0 Å². The van der Waals surface area contributed by atoms with Gasteiger partial charge in [-0.3, -0.25) is 0 Å². The summed E-state index contributed by atoms with van der Waals surface area (Å²) in [5, 5.41) is 13.1. The van der Waals surface area contributed by atoms with Gasteiger partial charge in [0.05, 0.1) is 11.8 Å². The summed E-state index contributed by atoms with van der Waals surface area (Å²) >= 11 is 5.82. The number of aromatic nitrogens is 1. The smallest absolute Gasteiger partial charge is 0.150 e. The second kappa shape index (κ2) is 5.56. The Hall–Kier alpha value is -1.00. The van der Waals surface area contributed by atoms with Crippen molar-refractivity contribution < 1.29 is 5.11 Å². The molecular formula is C12H18ClN3O. The third-order valence-electron chi connectivity index (χ3n) is 3.27. The molecule has 2 rings (SSSR count). The standard InChI is InChI=1S/C12H18ClN3O/c13-11-6-5-10(14)12(16-11)15-7-8-1-3-9(17)4-2-8/h5-6,8-9,17H,1-4,7,14H2,(H,15,16). The Kier molecular flexibility index (Phi) is 4.07. The lowest BCUT2D eigenvalue weighted by Crippen LogP contribution is -2.24. The average molecular weight is 256 g/mol. The minimum absolute atomic E-state index is 0.111. The maximum Gasteiger partial charge on any atom is 0.150 e. The predicted octanol–water partition coefficient (Wildman–Crippen LogP) is 2.28. The molecule has 0 saturated heterocycles. The topological polar surface area (TPSA) is 71.2 Å². The zero-order valence-corrected chi connectivity index (χ0v) is 10.5. The van der Waals surface area contributed by atoms with E-state index in [0.29, 0.717) is 22.6 Å². The van der Waals surface area contributed by atoms with E-state index in [1.807, 2.05) is 0 Å². The Morgan fingerprint density at radius 1 is 1.35 bits per heavy atom. The molecule has 0 radical (unpaired) electrons. The van der Waals surface area contributed by atoms with Crippen molar-refractivity contribution in [2.45, 2.75) is 31.8 Å². The van der Waals surface area contributed by atoms with Crippen LogP contribution in [0.4, 0.5) is 11.5 Å². The molecule has 0 unspecified atom stereocenters. The summed E-state index contributed by atoms with van der Waals surface area (Å²) in [6, 6.07) is 3.43. The van der Waals surface area contributed by atoms with Crippen LogP contribution >= 0.6 is 11.6 Å². The van der Waals surface area contributed by atoms with Crippen LogP contribution in [0.1, 0.15) is 25.7 Å². The van der Waals surface area contributed by atoms with Crippen LogP contribution in [0.25, 0.3) is 0 Å². The summed E-state index contributed by atoms with van der Waals surface area (Å²) < 4.78 is 0. The van der Waals surface area contributed by atoms with Crippen LogP contribution in [0.15, 0.2) is 12.1 Å². The number of aliphatic hydroxyl groups excluding tert-OH is 1. The number of nitrogens with one attached hydrogen (secondary N) is 1. The zero-order chi connectivity index (χ0) is 12.3. The van der Waals surface area contributed by atoms with Crippen molar-refractivity contribution in [1.82, 2.24) is 4.98 Å². The molecule has 4 N–H and O–H groups in total. The van der Waals surface area contributed by atoms with Crippen molar-refractivity contribution in [2.75, 3.05) is 17.6 Å². The van der Waals surface area contributed by atoms with E-state index < -0.39 is 0 Å². The van der Waals surface area contributed by atoms with E-state index in [1.54, 1.807) is 12.1 Å². The number of nitrogen functional groups attached to an aromatic ring is 1. The normalized spacial score (nSPS) is 24.6. The Morgan fingerprint density at radius 2 is 2.06 bits per heavy atom. The number of aliphatic hydroxyl groups is 1. The first-order valence-electron chi connectivity index (χ1n) is 5.99. The lowest BCUT2D eigenvalue weighted by atomic mass is 9.87. The van der Waals surface area contributed by atoms with E-state index in [-0.39, 0.29) is 6.10 Å². The first-order valence-corrected chi connectivity index (χ1v) is 6.37. The number of halogens is 1. The molecule has 0 aromatic carbocycles. The van der Waals surface area contributed by atoms with Gasteiger partial charge in [0.25, 0.3) is 0 Å². The van der Waals surface area contributed by atoms with Gasteiger partial charge in [-0.05, 0) is 43.7 Å². The quantitative estimate of drug-likeness (QED) is 0.725. The molecule has 5 heteroatoms. The molecule has 1 saturated carbocycles. The van der Waals surface area contributed by atoms with Gasteiger partial charge in [-0.2, -0.15) is 0 Å². The highest BCUT2D eigenvalue weighted by Gasteiger charge is 2.19. The van der Waals surface area contributed by atoms with Crippen molar-refractivity contribution in [1.29, 1.82) is 0 Å². The fourth-order valence-electron chi connectivity index (χ4n) is 2.18. The fourth-order valence-corrected chi connectivity index (χ4v) is 2.33. The van der Waals surface area contributed by atoms with Gasteiger partial charge in [-0.1, -0.05) is 11.6 Å². The second-order valence-corrected chi connectivity index (χ2v) is 5.01. The minimum atomic E-state index is -0.111. The van der Waals surface area contributed by atoms with Crippen LogP contribution in [-0.2, 0) is 0 Å². The second-order valence-electron chi connectivity index (χ2n) is 4.63. The molecule has 1 heterocycles. The highest BCUT2D eigenvalue weighted by Crippen LogP contribution is 2.25. The molecule has 0 spiro atoms. The van der Waals surface area contributed by atoms with Crippen LogP contribution < -0.4 is 11.1 Å². The molecule has 4 nitrogen and oxygen atoms in total. The molecule has 1 aromatic rings. The van der Waals surface area contributed by atoms with Gasteiger partial charge in [-0.25, -0.2) is 4.98 Å². The number of nitrogens with zero attached hydrogens (tertiary/aromatic N) is 1. The van der Waals surface area contributed by atoms with E-state index in [9.17, 15) is 5.11 Å². The van der Waals surface area contributed by atoms with Crippen molar-refractivity contribution in [2.24, 2.45) is 5.92 Å². The molecule has 0 atom stereocenters. The minimum Gasteiger partial charge on any atom is -0.396 e. The van der Waals surface area contributed by atoms with Gasteiger partial charge in [-0.15, -0.1) is 0 Å². The maximum atomic E-state index is 9.42. The number of anilines is 2. The number of rotatable bonds is 3. The van der Waals surface area contributed by atoms with Crippen LogP contribution in [0.2, 0.25) is 5.15 Å². The fraction of sp³-hybridized carbons (Fsp3) is 0.583. The zero-order valence-electron chi connectivity index (χ0n) is 9.69. The Labute approximate surface area is 106 Å². The highest BCUT2D eigenvalue weighted by atomic mass is 35.5. The number of pyridine rings is 1. The average Bonchev–Trinajstić information content (AvgIpc) is 2.32. The van der Waals surface area contributed by atoms with E-state index >= 15 is 0 Å². The largest absolute Gasteiger partial charge is 0.396 e. The molecule has 0 bridgehead atoms. The SMILES string of the molecule is Nc1ccc(Cl)nc1NCC1CCC(O)CC1. The molecule has 1 aliphatic carbocycles. The van der Waals surface area contributed by atoms with Crippen molar-refractivity contribution >= 4 is 23.1 Å². The monoisotopic (exact) mass is 255 g/mol. The van der Waals surface area contributed by atoms with Gasteiger partial charge in [0.15, 0.2) is 5.82 Å². The van der Waals surface area contributed by atoms with Crippen LogP contribution in [-0.4, -0.2) is 22.7 Å². The number of hydrogen-bond acceptors (Lipinski definition) is 4. The molecule has 1 aliphatic rings.